The van der Waals surface area contributed by atoms with Crippen molar-refractivity contribution in [3.05, 3.63) is 0 Å². The van der Waals surface area contributed by atoms with Crippen LogP contribution < -0.4 is 5.32 Å². The van der Waals surface area contributed by atoms with Crippen LogP contribution in [-0.2, 0) is 9.59 Å². The van der Waals surface area contributed by atoms with Crippen LogP contribution in [0.3, 0.4) is 0 Å². The first kappa shape index (κ1) is 14.5. The lowest BCUT2D eigenvalue weighted by atomic mass is 9.98. The molecule has 2 saturated heterocycles. The molecule has 0 saturated carbocycles. The Morgan fingerprint density at radius 1 is 1.32 bits per heavy atom. The summed E-state index contributed by atoms with van der Waals surface area (Å²) in [5, 5.41) is 3.40. The molecule has 2 aliphatic heterocycles. The smallest absolute Gasteiger partial charge is 0.247 e. The molecule has 2 heterocycles. The van der Waals surface area contributed by atoms with Gasteiger partial charge in [-0.2, -0.15) is 0 Å². The first-order valence-corrected chi connectivity index (χ1v) is 7.22. The van der Waals surface area contributed by atoms with Crippen molar-refractivity contribution in [2.45, 2.75) is 64.2 Å². The van der Waals surface area contributed by atoms with E-state index in [0.29, 0.717) is 18.5 Å². The molecular weight excluding hydrogens is 242 g/mol. The summed E-state index contributed by atoms with van der Waals surface area (Å²) >= 11 is 0. The fourth-order valence-corrected chi connectivity index (χ4v) is 3.05. The Labute approximate surface area is 115 Å². The summed E-state index contributed by atoms with van der Waals surface area (Å²) in [6, 6.07) is 0.526. The van der Waals surface area contributed by atoms with Gasteiger partial charge in [0.05, 0.1) is 12.5 Å². The number of carbonyl (C=O) groups excluding carboxylic acids is 2. The van der Waals surface area contributed by atoms with Crippen LogP contribution in [-0.4, -0.2) is 59.4 Å². The molecule has 3 atom stereocenters. The van der Waals surface area contributed by atoms with Crippen LogP contribution in [0, 0.1) is 0 Å². The highest BCUT2D eigenvalue weighted by Crippen LogP contribution is 2.20. The molecule has 1 N–H and O–H groups in total. The molecule has 0 aromatic rings. The number of amides is 2. The first-order chi connectivity index (χ1) is 8.90. The van der Waals surface area contributed by atoms with Gasteiger partial charge in [0.1, 0.15) is 0 Å². The molecule has 0 radical (unpaired) electrons. The van der Waals surface area contributed by atoms with Gasteiger partial charge in [0.25, 0.3) is 0 Å². The van der Waals surface area contributed by atoms with Gasteiger partial charge in [-0.25, -0.2) is 0 Å². The molecule has 3 unspecified atom stereocenters. The Hall–Kier alpha value is -0.940. The second-order valence-corrected chi connectivity index (χ2v) is 6.17. The molecule has 0 aromatic heterocycles. The zero-order valence-corrected chi connectivity index (χ0v) is 12.3. The van der Waals surface area contributed by atoms with Gasteiger partial charge >= 0.3 is 0 Å². The van der Waals surface area contributed by atoms with E-state index in [0.717, 1.165) is 19.4 Å². The quantitative estimate of drug-likeness (QED) is 0.761. The van der Waals surface area contributed by atoms with E-state index in [-0.39, 0.29) is 23.9 Å². The Kier molecular flexibility index (Phi) is 4.26. The maximum absolute atomic E-state index is 12.2. The molecule has 0 bridgehead atoms. The van der Waals surface area contributed by atoms with Crippen LogP contribution in [0.15, 0.2) is 0 Å². The number of rotatable bonds is 3. The first-order valence-electron chi connectivity index (χ1n) is 7.22. The average Bonchev–Trinajstić information content (AvgIpc) is 2.59. The highest BCUT2D eigenvalue weighted by atomic mass is 16.2. The predicted molar refractivity (Wildman–Crippen MR) is 73.6 cm³/mol. The molecule has 2 aliphatic rings. The number of hydrogen-bond donors (Lipinski definition) is 1. The van der Waals surface area contributed by atoms with Gasteiger partial charge in [0, 0.05) is 18.1 Å². The Bertz CT molecular complexity index is 370. The number of imide groups is 1. The monoisotopic (exact) mass is 267 g/mol. The molecule has 2 fully saturated rings. The summed E-state index contributed by atoms with van der Waals surface area (Å²) in [7, 11) is 2.13. The number of hydrogen-bond acceptors (Lipinski definition) is 4. The van der Waals surface area contributed by atoms with Gasteiger partial charge in [-0.1, -0.05) is 0 Å². The van der Waals surface area contributed by atoms with E-state index in [9.17, 15) is 9.59 Å². The maximum atomic E-state index is 12.2. The van der Waals surface area contributed by atoms with Crippen LogP contribution in [0.1, 0.15) is 40.0 Å². The van der Waals surface area contributed by atoms with Crippen LogP contribution >= 0.6 is 0 Å². The second-order valence-electron chi connectivity index (χ2n) is 6.17. The number of likely N-dealkylation sites (tertiary alicyclic amines) is 2. The lowest BCUT2D eigenvalue weighted by Gasteiger charge is -2.36. The number of piperidine rings is 1. The zero-order valence-electron chi connectivity index (χ0n) is 12.3. The summed E-state index contributed by atoms with van der Waals surface area (Å²) in [4.78, 5) is 27.8. The highest BCUT2D eigenvalue weighted by Gasteiger charge is 2.41. The van der Waals surface area contributed by atoms with Crippen molar-refractivity contribution in [1.29, 1.82) is 0 Å². The summed E-state index contributed by atoms with van der Waals surface area (Å²) in [5.74, 6) is -0.0925. The van der Waals surface area contributed by atoms with Gasteiger partial charge in [-0.05, 0) is 47.2 Å². The van der Waals surface area contributed by atoms with Crippen molar-refractivity contribution >= 4 is 11.8 Å². The fourth-order valence-electron chi connectivity index (χ4n) is 3.05. The van der Waals surface area contributed by atoms with E-state index in [1.54, 1.807) is 0 Å². The summed E-state index contributed by atoms with van der Waals surface area (Å²) < 4.78 is 0. The molecule has 2 rings (SSSR count). The largest absolute Gasteiger partial charge is 0.304 e. The molecule has 0 aromatic carbocycles. The van der Waals surface area contributed by atoms with Crippen molar-refractivity contribution in [1.82, 2.24) is 15.1 Å². The number of nitrogens with one attached hydrogen (secondary N) is 1. The van der Waals surface area contributed by atoms with E-state index in [2.05, 4.69) is 24.2 Å². The number of nitrogens with zero attached hydrogens (tertiary/aromatic N) is 2. The Morgan fingerprint density at radius 3 is 2.53 bits per heavy atom. The molecule has 0 aliphatic carbocycles. The molecule has 2 amide bonds. The minimum absolute atomic E-state index is 0.0387. The van der Waals surface area contributed by atoms with Crippen molar-refractivity contribution in [2.75, 3.05) is 13.6 Å². The fraction of sp³-hybridized carbons (Fsp3) is 0.857. The van der Waals surface area contributed by atoms with E-state index < -0.39 is 0 Å². The van der Waals surface area contributed by atoms with Crippen molar-refractivity contribution in [3.8, 4) is 0 Å². The molecule has 0 spiro atoms. The van der Waals surface area contributed by atoms with Crippen molar-refractivity contribution in [3.63, 3.8) is 0 Å². The van der Waals surface area contributed by atoms with Gasteiger partial charge in [0.2, 0.25) is 11.8 Å². The van der Waals surface area contributed by atoms with Crippen molar-refractivity contribution in [2.24, 2.45) is 0 Å². The molecular formula is C14H25N3O2. The lowest BCUT2D eigenvalue weighted by Crippen LogP contribution is -2.51. The van der Waals surface area contributed by atoms with Crippen molar-refractivity contribution < 1.29 is 9.59 Å². The normalized spacial score (nSPS) is 33.5. The number of carbonyl (C=O) groups is 2. The standard InChI is InChI=1S/C14H25N3O2/c1-9(2)17-13(18)8-12(14(17)19)15-11-5-6-16(4)10(3)7-11/h9-12,15H,5-8H2,1-4H3. The SMILES string of the molecule is CC1CC(NC2CC(=O)N(C(C)C)C2=O)CCN1C. The third-order valence-electron chi connectivity index (χ3n) is 4.34. The topological polar surface area (TPSA) is 52.7 Å². The van der Waals surface area contributed by atoms with Gasteiger partial charge in [-0.3, -0.25) is 14.5 Å². The van der Waals surface area contributed by atoms with Crippen LogP contribution in [0.5, 0.6) is 0 Å². The van der Waals surface area contributed by atoms with Crippen LogP contribution in [0.25, 0.3) is 0 Å². The van der Waals surface area contributed by atoms with E-state index in [1.165, 1.54) is 4.90 Å². The third kappa shape index (κ3) is 2.98. The highest BCUT2D eigenvalue weighted by molar-refractivity contribution is 6.05. The molecule has 19 heavy (non-hydrogen) atoms. The predicted octanol–water partition coefficient (Wildman–Crippen LogP) is 0.595. The van der Waals surface area contributed by atoms with Gasteiger partial charge in [0.15, 0.2) is 0 Å². The minimum Gasteiger partial charge on any atom is -0.304 e. The summed E-state index contributed by atoms with van der Waals surface area (Å²) in [6.45, 7) is 7.02. The van der Waals surface area contributed by atoms with Crippen LogP contribution in [0.2, 0.25) is 0 Å². The van der Waals surface area contributed by atoms with Gasteiger partial charge in [-0.15, -0.1) is 0 Å². The Balaban J connectivity index is 1.94. The van der Waals surface area contributed by atoms with Gasteiger partial charge < -0.3 is 10.2 Å². The second kappa shape index (κ2) is 5.59. The lowest BCUT2D eigenvalue weighted by molar-refractivity contribution is -0.140. The molecule has 5 nitrogen and oxygen atoms in total. The minimum atomic E-state index is -0.310. The van der Waals surface area contributed by atoms with Crippen LogP contribution in [0.4, 0.5) is 0 Å². The maximum Gasteiger partial charge on any atom is 0.247 e. The van der Waals surface area contributed by atoms with E-state index >= 15 is 0 Å². The molecule has 5 heteroatoms. The summed E-state index contributed by atoms with van der Waals surface area (Å²) in [6.07, 6.45) is 2.40. The molecule has 108 valence electrons. The third-order valence-corrected chi connectivity index (χ3v) is 4.34. The van der Waals surface area contributed by atoms with E-state index in [1.807, 2.05) is 13.8 Å². The zero-order chi connectivity index (χ0) is 14.2. The Morgan fingerprint density at radius 2 is 2.00 bits per heavy atom. The van der Waals surface area contributed by atoms with E-state index in [4.69, 9.17) is 0 Å². The average molecular weight is 267 g/mol. The summed E-state index contributed by atoms with van der Waals surface area (Å²) in [5.41, 5.74) is 0.